The fourth-order valence-electron chi connectivity index (χ4n) is 2.18. The summed E-state index contributed by atoms with van der Waals surface area (Å²) in [6.07, 6.45) is 1.55. The number of anilines is 3. The van der Waals surface area contributed by atoms with Crippen molar-refractivity contribution >= 4 is 38.8 Å². The van der Waals surface area contributed by atoms with Crippen molar-refractivity contribution < 1.29 is 13.2 Å². The van der Waals surface area contributed by atoms with Gasteiger partial charge in [-0.2, -0.15) is 0 Å². The average molecular weight is 390 g/mol. The van der Waals surface area contributed by atoms with Crippen LogP contribution in [0.2, 0.25) is 5.02 Å². The topological polar surface area (TPSA) is 80.3 Å². The smallest absolute Gasteiger partial charge is 0.263 e. The SMILES string of the molecule is COc1ccc(Nc2ccc(NS(=O)(=O)c3ccc(Cl)cc3)nc2)cc1. The average Bonchev–Trinajstić information content (AvgIpc) is 2.64. The second-order valence-electron chi connectivity index (χ2n) is 5.35. The largest absolute Gasteiger partial charge is 0.497 e. The van der Waals surface area contributed by atoms with Crippen LogP contribution < -0.4 is 14.8 Å². The first-order valence-electron chi connectivity index (χ1n) is 7.62. The highest BCUT2D eigenvalue weighted by Crippen LogP contribution is 2.21. The van der Waals surface area contributed by atoms with Crippen LogP contribution in [0.1, 0.15) is 0 Å². The van der Waals surface area contributed by atoms with E-state index in [0.29, 0.717) is 5.02 Å². The van der Waals surface area contributed by atoms with Crippen LogP contribution in [0.15, 0.2) is 71.8 Å². The molecule has 0 aliphatic heterocycles. The van der Waals surface area contributed by atoms with Crippen molar-refractivity contribution in [3.05, 3.63) is 71.9 Å². The molecule has 2 aromatic carbocycles. The van der Waals surface area contributed by atoms with Crippen molar-refractivity contribution in [1.82, 2.24) is 4.98 Å². The lowest BCUT2D eigenvalue weighted by atomic mass is 10.3. The summed E-state index contributed by atoms with van der Waals surface area (Å²) in [7, 11) is -2.11. The Morgan fingerprint density at radius 1 is 0.923 bits per heavy atom. The molecule has 0 radical (unpaired) electrons. The van der Waals surface area contributed by atoms with Gasteiger partial charge in [-0.05, 0) is 60.7 Å². The molecule has 26 heavy (non-hydrogen) atoms. The third-order valence-corrected chi connectivity index (χ3v) is 5.13. The van der Waals surface area contributed by atoms with Crippen LogP contribution >= 0.6 is 11.6 Å². The van der Waals surface area contributed by atoms with E-state index >= 15 is 0 Å². The highest BCUT2D eigenvalue weighted by atomic mass is 35.5. The Bertz CT molecular complexity index is 974. The van der Waals surface area contributed by atoms with Crippen LogP contribution in [-0.4, -0.2) is 20.5 Å². The van der Waals surface area contributed by atoms with Gasteiger partial charge in [0.2, 0.25) is 0 Å². The highest BCUT2D eigenvalue weighted by molar-refractivity contribution is 7.92. The van der Waals surface area contributed by atoms with E-state index in [-0.39, 0.29) is 10.7 Å². The Kier molecular flexibility index (Phi) is 5.29. The number of aromatic nitrogens is 1. The Morgan fingerprint density at radius 2 is 1.58 bits per heavy atom. The summed E-state index contributed by atoms with van der Waals surface area (Å²) < 4.78 is 32.2. The molecule has 0 amide bonds. The molecule has 8 heteroatoms. The maximum absolute atomic E-state index is 12.3. The number of benzene rings is 2. The van der Waals surface area contributed by atoms with Gasteiger partial charge in [0.1, 0.15) is 11.6 Å². The van der Waals surface area contributed by atoms with Crippen molar-refractivity contribution in [2.24, 2.45) is 0 Å². The van der Waals surface area contributed by atoms with Gasteiger partial charge in [-0.3, -0.25) is 4.72 Å². The molecule has 2 N–H and O–H groups in total. The zero-order valence-electron chi connectivity index (χ0n) is 13.8. The number of nitrogens with zero attached hydrogens (tertiary/aromatic N) is 1. The molecule has 0 saturated heterocycles. The fourth-order valence-corrected chi connectivity index (χ4v) is 3.31. The Hall–Kier alpha value is -2.77. The van der Waals surface area contributed by atoms with Gasteiger partial charge < -0.3 is 10.1 Å². The van der Waals surface area contributed by atoms with Crippen molar-refractivity contribution in [2.75, 3.05) is 17.1 Å². The first-order valence-corrected chi connectivity index (χ1v) is 9.48. The lowest BCUT2D eigenvalue weighted by Gasteiger charge is -2.10. The first-order chi connectivity index (χ1) is 12.5. The summed E-state index contributed by atoms with van der Waals surface area (Å²) in [5.41, 5.74) is 1.59. The Balaban J connectivity index is 1.69. The molecule has 0 bridgehead atoms. The molecule has 134 valence electrons. The summed E-state index contributed by atoms with van der Waals surface area (Å²) in [6, 6.07) is 16.6. The molecule has 1 heterocycles. The minimum absolute atomic E-state index is 0.115. The maximum Gasteiger partial charge on any atom is 0.263 e. The predicted octanol–water partition coefficient (Wildman–Crippen LogP) is 4.29. The molecule has 3 aromatic rings. The molecule has 0 aliphatic carbocycles. The molecule has 1 aromatic heterocycles. The number of sulfonamides is 1. The van der Waals surface area contributed by atoms with Gasteiger partial charge >= 0.3 is 0 Å². The lowest BCUT2D eigenvalue weighted by molar-refractivity contribution is 0.415. The zero-order chi connectivity index (χ0) is 18.6. The third-order valence-electron chi connectivity index (χ3n) is 3.51. The monoisotopic (exact) mass is 389 g/mol. The molecule has 3 rings (SSSR count). The second-order valence-corrected chi connectivity index (χ2v) is 7.46. The summed E-state index contributed by atoms with van der Waals surface area (Å²) in [5, 5.41) is 3.64. The first kappa shape index (κ1) is 18.0. The number of methoxy groups -OCH3 is 1. The van der Waals surface area contributed by atoms with Gasteiger partial charge in [0.15, 0.2) is 0 Å². The van der Waals surface area contributed by atoms with E-state index in [9.17, 15) is 8.42 Å². The lowest BCUT2D eigenvalue weighted by Crippen LogP contribution is -2.13. The van der Waals surface area contributed by atoms with E-state index in [4.69, 9.17) is 16.3 Å². The summed E-state index contributed by atoms with van der Waals surface area (Å²) in [4.78, 5) is 4.25. The number of rotatable bonds is 6. The molecule has 0 saturated carbocycles. The van der Waals surface area contributed by atoms with Gasteiger partial charge in [0.05, 0.1) is 23.9 Å². The van der Waals surface area contributed by atoms with E-state index in [2.05, 4.69) is 15.0 Å². The summed E-state index contributed by atoms with van der Waals surface area (Å²) >= 11 is 5.78. The minimum Gasteiger partial charge on any atom is -0.497 e. The molecule has 0 aliphatic rings. The number of halogens is 1. The van der Waals surface area contributed by atoms with Crippen LogP contribution in [-0.2, 0) is 10.0 Å². The Morgan fingerprint density at radius 3 is 2.15 bits per heavy atom. The third kappa shape index (κ3) is 4.44. The van der Waals surface area contributed by atoms with Crippen LogP contribution in [0, 0.1) is 0 Å². The van der Waals surface area contributed by atoms with E-state index in [0.717, 1.165) is 17.1 Å². The van der Waals surface area contributed by atoms with Crippen LogP contribution in [0.5, 0.6) is 5.75 Å². The van der Waals surface area contributed by atoms with E-state index in [1.165, 1.54) is 24.3 Å². The van der Waals surface area contributed by atoms with Crippen molar-refractivity contribution in [3.63, 3.8) is 0 Å². The molecule has 0 spiro atoms. The molecular formula is C18H16ClN3O3S. The standard InChI is InChI=1S/C18H16ClN3O3S/c1-25-16-7-4-14(5-8-16)21-15-6-11-18(20-12-15)22-26(23,24)17-9-2-13(19)3-10-17/h2-12,21H,1H3,(H,20,22). The summed E-state index contributed by atoms with van der Waals surface area (Å²) in [6.45, 7) is 0. The molecule has 0 unspecified atom stereocenters. The van der Waals surface area contributed by atoms with Crippen molar-refractivity contribution in [1.29, 1.82) is 0 Å². The normalized spacial score (nSPS) is 11.0. The van der Waals surface area contributed by atoms with Gasteiger partial charge in [0, 0.05) is 10.7 Å². The van der Waals surface area contributed by atoms with Gasteiger partial charge in [-0.25, -0.2) is 13.4 Å². The predicted molar refractivity (Wildman–Crippen MR) is 103 cm³/mol. The number of hydrogen-bond donors (Lipinski definition) is 2. The summed E-state index contributed by atoms with van der Waals surface area (Å²) in [5.74, 6) is 0.987. The second kappa shape index (κ2) is 7.63. The molecule has 0 atom stereocenters. The quantitative estimate of drug-likeness (QED) is 0.657. The fraction of sp³-hybridized carbons (Fsp3) is 0.0556. The van der Waals surface area contributed by atoms with Crippen molar-refractivity contribution in [3.8, 4) is 5.75 Å². The van der Waals surface area contributed by atoms with E-state index in [1.807, 2.05) is 24.3 Å². The highest BCUT2D eigenvalue weighted by Gasteiger charge is 2.14. The number of ether oxygens (including phenoxy) is 1. The van der Waals surface area contributed by atoms with E-state index in [1.54, 1.807) is 25.4 Å². The Labute approximate surface area is 156 Å². The number of nitrogens with one attached hydrogen (secondary N) is 2. The number of hydrogen-bond acceptors (Lipinski definition) is 5. The van der Waals surface area contributed by atoms with Crippen molar-refractivity contribution in [2.45, 2.75) is 4.90 Å². The van der Waals surface area contributed by atoms with Crippen LogP contribution in [0.4, 0.5) is 17.2 Å². The van der Waals surface area contributed by atoms with Gasteiger partial charge in [0.25, 0.3) is 10.0 Å². The molecule has 0 fully saturated rings. The molecular weight excluding hydrogens is 374 g/mol. The van der Waals surface area contributed by atoms with Crippen LogP contribution in [0.25, 0.3) is 0 Å². The molecule has 6 nitrogen and oxygen atoms in total. The number of pyridine rings is 1. The maximum atomic E-state index is 12.3. The van der Waals surface area contributed by atoms with Gasteiger partial charge in [-0.15, -0.1) is 0 Å². The zero-order valence-corrected chi connectivity index (χ0v) is 15.4. The minimum atomic E-state index is -3.71. The van der Waals surface area contributed by atoms with Crippen LogP contribution in [0.3, 0.4) is 0 Å². The van der Waals surface area contributed by atoms with Gasteiger partial charge in [-0.1, -0.05) is 11.6 Å². The van der Waals surface area contributed by atoms with E-state index < -0.39 is 10.0 Å².